The average Bonchev–Trinajstić information content (AvgIpc) is 2.96. The van der Waals surface area contributed by atoms with E-state index < -0.39 is 67.0 Å². The van der Waals surface area contributed by atoms with Gasteiger partial charge in [0.25, 0.3) is 0 Å². The minimum Gasteiger partial charge on any atom is -0.396 e. The molecule has 1 aliphatic carbocycles. The van der Waals surface area contributed by atoms with E-state index >= 15 is 0 Å². The Morgan fingerprint density at radius 1 is 1.23 bits per heavy atom. The molecule has 2 fully saturated rings. The van der Waals surface area contributed by atoms with Gasteiger partial charge in [0.2, 0.25) is 0 Å². The molecule has 2 amide bonds. The van der Waals surface area contributed by atoms with Gasteiger partial charge in [-0.15, -0.1) is 0 Å². The van der Waals surface area contributed by atoms with Gasteiger partial charge in [-0.05, 0) is 25.5 Å². The molecule has 2 aliphatic rings. The Balaban J connectivity index is 1.94. The van der Waals surface area contributed by atoms with Crippen LogP contribution in [0.25, 0.3) is 0 Å². The van der Waals surface area contributed by atoms with E-state index in [4.69, 9.17) is 9.57 Å². The molecule has 10 nitrogen and oxygen atoms in total. The van der Waals surface area contributed by atoms with Crippen LogP contribution in [0.4, 0.5) is 23.8 Å². The van der Waals surface area contributed by atoms with Crippen LogP contribution in [0.2, 0.25) is 0 Å². The number of rotatable bonds is 5. The standard InChI is InChI=1S/C18H24F3N3O7/c1-8-16(31-11-5-9(7-25)13(26)15(28)14(11)27)23(17(29)24(8)30-2)12-6-10(3-4-22-12)18(19,20)21/h3-4,6,8-9,11,13-16,25-28H,5,7H2,1-2H3/t8-,9+,11+,13+,14-,15-,16-/m0/s1. The van der Waals surface area contributed by atoms with E-state index in [1.165, 1.54) is 14.0 Å². The van der Waals surface area contributed by atoms with Gasteiger partial charge < -0.3 is 25.2 Å². The van der Waals surface area contributed by atoms with Crippen molar-refractivity contribution in [2.45, 2.75) is 56.2 Å². The van der Waals surface area contributed by atoms with Gasteiger partial charge in [-0.1, -0.05) is 0 Å². The van der Waals surface area contributed by atoms with Gasteiger partial charge in [-0.2, -0.15) is 18.2 Å². The molecule has 0 radical (unpaired) electrons. The lowest BCUT2D eigenvalue weighted by Crippen LogP contribution is -2.57. The molecule has 4 N–H and O–H groups in total. The lowest BCUT2D eigenvalue weighted by molar-refractivity contribution is -0.199. The first-order valence-electron chi connectivity index (χ1n) is 9.51. The number of nitrogens with zero attached hydrogens (tertiary/aromatic N) is 3. The van der Waals surface area contributed by atoms with Gasteiger partial charge in [-0.3, -0.25) is 4.84 Å². The zero-order valence-corrected chi connectivity index (χ0v) is 16.7. The zero-order chi connectivity index (χ0) is 23.1. The number of hydrogen-bond donors (Lipinski definition) is 4. The van der Waals surface area contributed by atoms with Crippen molar-refractivity contribution in [3.05, 3.63) is 23.9 Å². The summed E-state index contributed by atoms with van der Waals surface area (Å²) in [7, 11) is 1.20. The highest BCUT2D eigenvalue weighted by molar-refractivity contribution is 5.93. The molecule has 1 saturated carbocycles. The van der Waals surface area contributed by atoms with E-state index in [-0.39, 0.29) is 12.2 Å². The van der Waals surface area contributed by atoms with Gasteiger partial charge in [0.1, 0.15) is 24.1 Å². The molecule has 3 rings (SSSR count). The molecule has 174 valence electrons. The summed E-state index contributed by atoms with van der Waals surface area (Å²) in [5.74, 6) is -1.16. The Labute approximate surface area is 175 Å². The zero-order valence-electron chi connectivity index (χ0n) is 16.7. The highest BCUT2D eigenvalue weighted by Gasteiger charge is 2.51. The summed E-state index contributed by atoms with van der Waals surface area (Å²) in [5, 5.41) is 40.7. The number of halogens is 3. The number of aromatic nitrogens is 1. The minimum absolute atomic E-state index is 0.0653. The van der Waals surface area contributed by atoms with Crippen molar-refractivity contribution in [1.29, 1.82) is 0 Å². The van der Waals surface area contributed by atoms with Crippen LogP contribution in [0.3, 0.4) is 0 Å². The first kappa shape index (κ1) is 23.6. The lowest BCUT2D eigenvalue weighted by atomic mass is 9.81. The molecule has 0 aromatic carbocycles. The molecule has 2 heterocycles. The number of amides is 2. The van der Waals surface area contributed by atoms with Crippen LogP contribution in [0.5, 0.6) is 0 Å². The molecule has 1 saturated heterocycles. The third kappa shape index (κ3) is 4.33. The maximum Gasteiger partial charge on any atom is 0.416 e. The van der Waals surface area contributed by atoms with Crippen molar-refractivity contribution in [2.24, 2.45) is 5.92 Å². The smallest absolute Gasteiger partial charge is 0.396 e. The number of anilines is 1. The molecule has 0 unspecified atom stereocenters. The van der Waals surface area contributed by atoms with E-state index in [1.807, 2.05) is 0 Å². The van der Waals surface area contributed by atoms with Crippen molar-refractivity contribution in [3.8, 4) is 0 Å². The van der Waals surface area contributed by atoms with Crippen molar-refractivity contribution < 1.29 is 48.0 Å². The maximum absolute atomic E-state index is 13.1. The van der Waals surface area contributed by atoms with Crippen LogP contribution < -0.4 is 4.90 Å². The second-order valence-corrected chi connectivity index (χ2v) is 7.52. The third-order valence-corrected chi connectivity index (χ3v) is 5.60. The number of carbonyl (C=O) groups excluding carboxylic acids is 1. The van der Waals surface area contributed by atoms with Crippen LogP contribution in [0, 0.1) is 5.92 Å². The van der Waals surface area contributed by atoms with Crippen LogP contribution in [0.15, 0.2) is 18.3 Å². The second kappa shape index (κ2) is 8.84. The number of urea groups is 1. The Kier molecular flexibility index (Phi) is 6.74. The quantitative estimate of drug-likeness (QED) is 0.495. The SMILES string of the molecule is CON1C(=O)N(c2cc(C(F)(F)F)ccn2)[C@@H](O[C@@H]2C[C@H](CO)[C@@H](O)[C@H](O)[C@H]2O)[C@@H]1C. The van der Waals surface area contributed by atoms with Crippen molar-refractivity contribution in [2.75, 3.05) is 18.6 Å². The number of alkyl halides is 3. The number of hydroxylamine groups is 2. The molecule has 1 aromatic rings. The molecule has 0 spiro atoms. The monoisotopic (exact) mass is 451 g/mol. The van der Waals surface area contributed by atoms with Crippen molar-refractivity contribution >= 4 is 11.8 Å². The summed E-state index contributed by atoms with van der Waals surface area (Å²) < 4.78 is 45.3. The number of hydrogen-bond acceptors (Lipinski definition) is 8. The fraction of sp³-hybridized carbons (Fsp3) is 0.667. The van der Waals surface area contributed by atoms with E-state index in [0.29, 0.717) is 6.07 Å². The Morgan fingerprint density at radius 3 is 2.48 bits per heavy atom. The first-order chi connectivity index (χ1) is 14.5. The van der Waals surface area contributed by atoms with E-state index in [1.54, 1.807) is 0 Å². The lowest BCUT2D eigenvalue weighted by Gasteiger charge is -2.41. The van der Waals surface area contributed by atoms with E-state index in [2.05, 4.69) is 4.98 Å². The molecule has 31 heavy (non-hydrogen) atoms. The Bertz CT molecular complexity index is 797. The predicted octanol–water partition coefficient (Wildman–Crippen LogP) is 0.0985. The molecular formula is C18H24F3N3O7. The molecule has 7 atom stereocenters. The third-order valence-electron chi connectivity index (χ3n) is 5.60. The Morgan fingerprint density at radius 2 is 1.90 bits per heavy atom. The maximum atomic E-state index is 13.1. The molecular weight excluding hydrogens is 427 g/mol. The molecule has 1 aromatic heterocycles. The summed E-state index contributed by atoms with van der Waals surface area (Å²) in [5.41, 5.74) is -1.02. The summed E-state index contributed by atoms with van der Waals surface area (Å²) >= 11 is 0. The van der Waals surface area contributed by atoms with Crippen molar-refractivity contribution in [3.63, 3.8) is 0 Å². The van der Waals surface area contributed by atoms with Gasteiger partial charge in [0.05, 0.1) is 24.9 Å². The number of pyridine rings is 1. The number of ether oxygens (including phenoxy) is 1. The fourth-order valence-electron chi connectivity index (χ4n) is 3.87. The van der Waals surface area contributed by atoms with E-state index in [9.17, 15) is 38.4 Å². The summed E-state index contributed by atoms with van der Waals surface area (Å²) in [6.07, 6.45) is -10.8. The van der Waals surface area contributed by atoms with Crippen LogP contribution in [-0.2, 0) is 15.8 Å². The fourth-order valence-corrected chi connectivity index (χ4v) is 3.87. The molecule has 0 bridgehead atoms. The van der Waals surface area contributed by atoms with Gasteiger partial charge in [0.15, 0.2) is 6.23 Å². The van der Waals surface area contributed by atoms with Gasteiger partial charge in [-0.25, -0.2) is 14.7 Å². The predicted molar refractivity (Wildman–Crippen MR) is 97.3 cm³/mol. The van der Waals surface area contributed by atoms with E-state index in [0.717, 1.165) is 22.2 Å². The average molecular weight is 451 g/mol. The number of aliphatic hydroxyl groups excluding tert-OH is 4. The topological polar surface area (TPSA) is 136 Å². The number of carbonyl (C=O) groups is 1. The van der Waals surface area contributed by atoms with Gasteiger partial charge in [0, 0.05) is 18.7 Å². The minimum atomic E-state index is -4.67. The van der Waals surface area contributed by atoms with Gasteiger partial charge >= 0.3 is 12.2 Å². The largest absolute Gasteiger partial charge is 0.416 e. The normalized spacial score (nSPS) is 34.5. The first-order valence-corrected chi connectivity index (χ1v) is 9.51. The molecule has 1 aliphatic heterocycles. The summed E-state index contributed by atoms with van der Waals surface area (Å²) in [6, 6.07) is -0.229. The molecule has 13 heteroatoms. The van der Waals surface area contributed by atoms with Crippen LogP contribution >= 0.6 is 0 Å². The highest BCUT2D eigenvalue weighted by Crippen LogP contribution is 2.36. The summed E-state index contributed by atoms with van der Waals surface area (Å²) in [4.78, 5) is 22.6. The summed E-state index contributed by atoms with van der Waals surface area (Å²) in [6.45, 7) is 1.02. The van der Waals surface area contributed by atoms with Crippen LogP contribution in [0.1, 0.15) is 18.9 Å². The Hall–Kier alpha value is -2.03. The second-order valence-electron chi connectivity index (χ2n) is 7.52. The highest BCUT2D eigenvalue weighted by atomic mass is 19.4. The van der Waals surface area contributed by atoms with Crippen LogP contribution in [-0.4, -0.2) is 86.9 Å². The van der Waals surface area contributed by atoms with Crippen molar-refractivity contribution in [1.82, 2.24) is 10.0 Å². The number of aliphatic hydroxyl groups is 4.